The Balaban J connectivity index is 2.19. The molecular weight excluding hydrogens is 244 g/mol. The SMILES string of the molecule is CC(C)NCc1c(Cl)cccc1N1CCCCC1. The van der Waals surface area contributed by atoms with Crippen LogP contribution < -0.4 is 10.2 Å². The van der Waals surface area contributed by atoms with E-state index in [1.807, 2.05) is 6.07 Å². The van der Waals surface area contributed by atoms with Crippen molar-refractivity contribution in [3.05, 3.63) is 28.8 Å². The third-order valence-corrected chi connectivity index (χ3v) is 3.83. The minimum Gasteiger partial charge on any atom is -0.371 e. The molecule has 0 atom stereocenters. The molecule has 0 saturated carbocycles. The summed E-state index contributed by atoms with van der Waals surface area (Å²) in [6.07, 6.45) is 3.95. The Morgan fingerprint density at radius 1 is 1.22 bits per heavy atom. The summed E-state index contributed by atoms with van der Waals surface area (Å²) in [6, 6.07) is 6.74. The van der Waals surface area contributed by atoms with Crippen molar-refractivity contribution in [3.8, 4) is 0 Å². The second-order valence-corrected chi connectivity index (χ2v) is 5.73. The average molecular weight is 267 g/mol. The van der Waals surface area contributed by atoms with Crippen LogP contribution in [0.1, 0.15) is 38.7 Å². The van der Waals surface area contributed by atoms with Gasteiger partial charge in [0.1, 0.15) is 0 Å². The maximum atomic E-state index is 6.37. The molecule has 0 aliphatic carbocycles. The number of hydrogen-bond acceptors (Lipinski definition) is 2. The maximum Gasteiger partial charge on any atom is 0.0471 e. The second-order valence-electron chi connectivity index (χ2n) is 5.32. The van der Waals surface area contributed by atoms with Crippen molar-refractivity contribution >= 4 is 17.3 Å². The smallest absolute Gasteiger partial charge is 0.0471 e. The molecule has 1 aliphatic heterocycles. The average Bonchev–Trinajstić information content (AvgIpc) is 2.38. The largest absolute Gasteiger partial charge is 0.371 e. The molecule has 3 heteroatoms. The lowest BCUT2D eigenvalue weighted by Crippen LogP contribution is -2.31. The predicted octanol–water partition coefficient (Wildman–Crippen LogP) is 3.83. The van der Waals surface area contributed by atoms with Gasteiger partial charge < -0.3 is 10.2 Å². The molecule has 100 valence electrons. The van der Waals surface area contributed by atoms with Gasteiger partial charge in [-0.3, -0.25) is 0 Å². The summed E-state index contributed by atoms with van der Waals surface area (Å²) in [7, 11) is 0. The molecule has 0 aromatic heterocycles. The lowest BCUT2D eigenvalue weighted by atomic mass is 10.1. The first-order valence-electron chi connectivity index (χ1n) is 6.94. The van der Waals surface area contributed by atoms with Gasteiger partial charge in [-0.2, -0.15) is 0 Å². The molecule has 2 rings (SSSR count). The van der Waals surface area contributed by atoms with Gasteiger partial charge in [0.15, 0.2) is 0 Å². The highest BCUT2D eigenvalue weighted by Crippen LogP contribution is 2.29. The molecule has 0 spiro atoms. The van der Waals surface area contributed by atoms with Crippen LogP contribution in [0.3, 0.4) is 0 Å². The Bertz CT molecular complexity index is 384. The van der Waals surface area contributed by atoms with E-state index in [2.05, 4.69) is 36.2 Å². The highest BCUT2D eigenvalue weighted by Gasteiger charge is 2.16. The Labute approximate surface area is 115 Å². The van der Waals surface area contributed by atoms with E-state index in [0.29, 0.717) is 6.04 Å². The molecule has 0 amide bonds. The van der Waals surface area contributed by atoms with E-state index >= 15 is 0 Å². The zero-order valence-electron chi connectivity index (χ0n) is 11.4. The van der Waals surface area contributed by atoms with Crippen LogP contribution >= 0.6 is 11.6 Å². The Hall–Kier alpha value is -0.730. The molecule has 0 unspecified atom stereocenters. The number of hydrogen-bond donors (Lipinski definition) is 1. The van der Waals surface area contributed by atoms with Gasteiger partial charge >= 0.3 is 0 Å². The van der Waals surface area contributed by atoms with Gasteiger partial charge in [-0.1, -0.05) is 31.5 Å². The van der Waals surface area contributed by atoms with E-state index in [1.54, 1.807) is 0 Å². The fourth-order valence-corrected chi connectivity index (χ4v) is 2.70. The van der Waals surface area contributed by atoms with Crippen molar-refractivity contribution in [2.45, 2.75) is 45.7 Å². The fourth-order valence-electron chi connectivity index (χ4n) is 2.46. The molecule has 1 heterocycles. The number of nitrogens with one attached hydrogen (secondary N) is 1. The van der Waals surface area contributed by atoms with Crippen molar-refractivity contribution in [2.24, 2.45) is 0 Å². The maximum absolute atomic E-state index is 6.37. The van der Waals surface area contributed by atoms with Crippen LogP contribution in [0.5, 0.6) is 0 Å². The van der Waals surface area contributed by atoms with Gasteiger partial charge in [0.25, 0.3) is 0 Å². The van der Waals surface area contributed by atoms with E-state index in [0.717, 1.165) is 24.7 Å². The Kier molecular flexibility index (Phi) is 4.90. The summed E-state index contributed by atoms with van der Waals surface area (Å²) in [5, 5.41) is 4.35. The van der Waals surface area contributed by atoms with Crippen molar-refractivity contribution in [2.75, 3.05) is 18.0 Å². The summed E-state index contributed by atoms with van der Waals surface area (Å²) >= 11 is 6.37. The van der Waals surface area contributed by atoms with Crippen LogP contribution in [-0.4, -0.2) is 19.1 Å². The zero-order valence-corrected chi connectivity index (χ0v) is 12.1. The first kappa shape index (κ1) is 13.7. The summed E-state index contributed by atoms with van der Waals surface area (Å²) in [6.45, 7) is 7.50. The van der Waals surface area contributed by atoms with E-state index < -0.39 is 0 Å². The minimum absolute atomic E-state index is 0.482. The summed E-state index contributed by atoms with van der Waals surface area (Å²) < 4.78 is 0. The molecule has 1 aromatic carbocycles. The van der Waals surface area contributed by atoms with Crippen LogP contribution in [0.2, 0.25) is 5.02 Å². The van der Waals surface area contributed by atoms with Crippen LogP contribution in [0.4, 0.5) is 5.69 Å². The topological polar surface area (TPSA) is 15.3 Å². The molecule has 18 heavy (non-hydrogen) atoms. The van der Waals surface area contributed by atoms with Crippen LogP contribution in [0.15, 0.2) is 18.2 Å². The monoisotopic (exact) mass is 266 g/mol. The number of halogens is 1. The third-order valence-electron chi connectivity index (χ3n) is 3.48. The molecule has 1 N–H and O–H groups in total. The number of rotatable bonds is 4. The number of nitrogens with zero attached hydrogens (tertiary/aromatic N) is 1. The van der Waals surface area contributed by atoms with E-state index in [4.69, 9.17) is 11.6 Å². The van der Waals surface area contributed by atoms with Gasteiger partial charge in [0.2, 0.25) is 0 Å². The molecule has 1 aliphatic rings. The fraction of sp³-hybridized carbons (Fsp3) is 0.600. The Morgan fingerprint density at radius 2 is 1.94 bits per heavy atom. The van der Waals surface area contributed by atoms with Gasteiger partial charge in [-0.15, -0.1) is 0 Å². The number of anilines is 1. The van der Waals surface area contributed by atoms with Crippen LogP contribution in [0.25, 0.3) is 0 Å². The highest BCUT2D eigenvalue weighted by atomic mass is 35.5. The molecule has 0 radical (unpaired) electrons. The summed E-state index contributed by atoms with van der Waals surface area (Å²) in [4.78, 5) is 2.48. The van der Waals surface area contributed by atoms with Gasteiger partial charge in [0, 0.05) is 41.9 Å². The molecule has 1 aromatic rings. The summed E-state index contributed by atoms with van der Waals surface area (Å²) in [5.41, 5.74) is 2.56. The lowest BCUT2D eigenvalue weighted by Gasteiger charge is -2.31. The van der Waals surface area contributed by atoms with Gasteiger partial charge in [-0.05, 0) is 31.4 Å². The van der Waals surface area contributed by atoms with E-state index in [9.17, 15) is 0 Å². The Morgan fingerprint density at radius 3 is 2.61 bits per heavy atom. The minimum atomic E-state index is 0.482. The standard InChI is InChI=1S/C15H23ClN2/c1-12(2)17-11-13-14(16)7-6-8-15(13)18-9-4-3-5-10-18/h6-8,12,17H,3-5,9-11H2,1-2H3. The highest BCUT2D eigenvalue weighted by molar-refractivity contribution is 6.31. The molecule has 2 nitrogen and oxygen atoms in total. The zero-order chi connectivity index (χ0) is 13.0. The molecular formula is C15H23ClN2. The number of piperidine rings is 1. The first-order chi connectivity index (χ1) is 8.68. The lowest BCUT2D eigenvalue weighted by molar-refractivity contribution is 0.566. The quantitative estimate of drug-likeness (QED) is 0.891. The van der Waals surface area contributed by atoms with Crippen molar-refractivity contribution in [1.82, 2.24) is 5.32 Å². The van der Waals surface area contributed by atoms with Crippen molar-refractivity contribution in [3.63, 3.8) is 0 Å². The molecule has 1 fully saturated rings. The van der Waals surface area contributed by atoms with E-state index in [1.165, 1.54) is 30.5 Å². The van der Waals surface area contributed by atoms with E-state index in [-0.39, 0.29) is 0 Å². The summed E-state index contributed by atoms with van der Waals surface area (Å²) in [5.74, 6) is 0. The van der Waals surface area contributed by atoms with Crippen LogP contribution in [0, 0.1) is 0 Å². The third kappa shape index (κ3) is 3.39. The van der Waals surface area contributed by atoms with Gasteiger partial charge in [0.05, 0.1) is 0 Å². The normalized spacial score (nSPS) is 16.3. The second kappa shape index (κ2) is 6.44. The predicted molar refractivity (Wildman–Crippen MR) is 79.5 cm³/mol. The van der Waals surface area contributed by atoms with Gasteiger partial charge in [-0.25, -0.2) is 0 Å². The number of benzene rings is 1. The first-order valence-corrected chi connectivity index (χ1v) is 7.32. The molecule has 1 saturated heterocycles. The van der Waals surface area contributed by atoms with Crippen LogP contribution in [-0.2, 0) is 6.54 Å². The molecule has 0 bridgehead atoms. The van der Waals surface area contributed by atoms with Crippen molar-refractivity contribution < 1.29 is 0 Å². The van der Waals surface area contributed by atoms with Crippen molar-refractivity contribution in [1.29, 1.82) is 0 Å².